The summed E-state index contributed by atoms with van der Waals surface area (Å²) in [6.07, 6.45) is 4.92. The number of aromatic nitrogens is 1. The SMILES string of the molecule is CCC1(CC)CCN(C(=O)c2cnc(C)cc2Cl)C1. The molecule has 1 saturated heterocycles. The van der Waals surface area contributed by atoms with E-state index in [-0.39, 0.29) is 5.91 Å². The van der Waals surface area contributed by atoms with Crippen LogP contribution in [-0.4, -0.2) is 28.9 Å². The van der Waals surface area contributed by atoms with Crippen LogP contribution < -0.4 is 0 Å². The molecule has 104 valence electrons. The van der Waals surface area contributed by atoms with Gasteiger partial charge in [-0.15, -0.1) is 0 Å². The van der Waals surface area contributed by atoms with Gasteiger partial charge < -0.3 is 4.90 Å². The van der Waals surface area contributed by atoms with E-state index in [1.54, 1.807) is 12.3 Å². The highest BCUT2D eigenvalue weighted by atomic mass is 35.5. The molecule has 0 radical (unpaired) electrons. The van der Waals surface area contributed by atoms with Crippen LogP contribution in [0.25, 0.3) is 0 Å². The van der Waals surface area contributed by atoms with Gasteiger partial charge in [0.25, 0.3) is 5.91 Å². The summed E-state index contributed by atoms with van der Waals surface area (Å²) < 4.78 is 0. The second kappa shape index (κ2) is 5.49. The van der Waals surface area contributed by atoms with Crippen molar-refractivity contribution in [3.8, 4) is 0 Å². The number of carbonyl (C=O) groups is 1. The van der Waals surface area contributed by atoms with Crippen LogP contribution in [0.5, 0.6) is 0 Å². The molecule has 0 bridgehead atoms. The van der Waals surface area contributed by atoms with E-state index >= 15 is 0 Å². The van der Waals surface area contributed by atoms with Gasteiger partial charge in [-0.05, 0) is 37.7 Å². The third-order valence-corrected chi connectivity index (χ3v) is 4.76. The fourth-order valence-electron chi connectivity index (χ4n) is 2.79. The van der Waals surface area contributed by atoms with Crippen LogP contribution in [0.1, 0.15) is 49.2 Å². The molecule has 2 heterocycles. The van der Waals surface area contributed by atoms with Crippen molar-refractivity contribution in [2.45, 2.75) is 40.0 Å². The first-order chi connectivity index (χ1) is 9.01. The first-order valence-corrected chi connectivity index (χ1v) is 7.30. The van der Waals surface area contributed by atoms with E-state index in [0.29, 0.717) is 16.0 Å². The third-order valence-electron chi connectivity index (χ3n) is 4.45. The maximum atomic E-state index is 12.5. The Kier molecular flexibility index (Phi) is 4.14. The minimum absolute atomic E-state index is 0.0151. The second-order valence-electron chi connectivity index (χ2n) is 5.49. The van der Waals surface area contributed by atoms with Crippen molar-refractivity contribution in [1.29, 1.82) is 0 Å². The summed E-state index contributed by atoms with van der Waals surface area (Å²) in [7, 11) is 0. The molecule has 0 aromatic carbocycles. The number of amides is 1. The van der Waals surface area contributed by atoms with E-state index in [1.165, 1.54) is 0 Å². The molecule has 1 aliphatic heterocycles. The van der Waals surface area contributed by atoms with E-state index in [9.17, 15) is 4.79 Å². The first kappa shape index (κ1) is 14.3. The minimum atomic E-state index is 0.0151. The third kappa shape index (κ3) is 2.76. The summed E-state index contributed by atoms with van der Waals surface area (Å²) in [4.78, 5) is 18.6. The normalized spacial score (nSPS) is 17.8. The molecule has 19 heavy (non-hydrogen) atoms. The molecule has 0 atom stereocenters. The first-order valence-electron chi connectivity index (χ1n) is 6.93. The fourth-order valence-corrected chi connectivity index (χ4v) is 3.08. The number of likely N-dealkylation sites (tertiary alicyclic amines) is 1. The zero-order valence-corrected chi connectivity index (χ0v) is 12.6. The molecular formula is C15H21ClN2O. The van der Waals surface area contributed by atoms with E-state index in [1.807, 2.05) is 11.8 Å². The highest BCUT2D eigenvalue weighted by Crippen LogP contribution is 2.37. The van der Waals surface area contributed by atoms with Gasteiger partial charge in [-0.1, -0.05) is 25.4 Å². The van der Waals surface area contributed by atoms with Crippen LogP contribution in [-0.2, 0) is 0 Å². The molecule has 0 spiro atoms. The number of carbonyl (C=O) groups excluding carboxylic acids is 1. The number of nitrogens with zero attached hydrogens (tertiary/aromatic N) is 2. The van der Waals surface area contributed by atoms with E-state index in [4.69, 9.17) is 11.6 Å². The monoisotopic (exact) mass is 280 g/mol. The molecular weight excluding hydrogens is 260 g/mol. The average Bonchev–Trinajstić information content (AvgIpc) is 2.83. The van der Waals surface area contributed by atoms with Crippen LogP contribution in [0.15, 0.2) is 12.3 Å². The largest absolute Gasteiger partial charge is 0.338 e. The van der Waals surface area contributed by atoms with Gasteiger partial charge in [-0.2, -0.15) is 0 Å². The molecule has 1 aromatic rings. The number of hydrogen-bond donors (Lipinski definition) is 0. The summed E-state index contributed by atoms with van der Waals surface area (Å²) in [5, 5.41) is 0.503. The Labute approximate surface area is 120 Å². The highest BCUT2D eigenvalue weighted by Gasteiger charge is 2.37. The van der Waals surface area contributed by atoms with Crippen molar-refractivity contribution in [3.05, 3.63) is 28.5 Å². The molecule has 0 saturated carbocycles. The number of aryl methyl sites for hydroxylation is 1. The molecule has 0 aliphatic carbocycles. The summed E-state index contributed by atoms with van der Waals surface area (Å²) in [5.41, 5.74) is 1.65. The Balaban J connectivity index is 2.17. The molecule has 2 rings (SSSR count). The maximum absolute atomic E-state index is 12.5. The molecule has 4 heteroatoms. The lowest BCUT2D eigenvalue weighted by Crippen LogP contribution is -2.32. The highest BCUT2D eigenvalue weighted by molar-refractivity contribution is 6.33. The number of pyridine rings is 1. The minimum Gasteiger partial charge on any atom is -0.338 e. The van der Waals surface area contributed by atoms with Crippen LogP contribution in [0.4, 0.5) is 0 Å². The summed E-state index contributed by atoms with van der Waals surface area (Å²) in [6, 6.07) is 1.75. The van der Waals surface area contributed by atoms with Crippen LogP contribution >= 0.6 is 11.6 Å². The van der Waals surface area contributed by atoms with Crippen molar-refractivity contribution in [1.82, 2.24) is 9.88 Å². The van der Waals surface area contributed by atoms with Crippen LogP contribution in [0, 0.1) is 12.3 Å². The number of hydrogen-bond acceptors (Lipinski definition) is 2. The van der Waals surface area contributed by atoms with Gasteiger partial charge in [0.2, 0.25) is 0 Å². The van der Waals surface area contributed by atoms with Crippen molar-refractivity contribution in [2.75, 3.05) is 13.1 Å². The molecule has 1 aromatic heterocycles. The Hall–Kier alpha value is -1.09. The number of halogens is 1. The lowest BCUT2D eigenvalue weighted by atomic mass is 9.82. The van der Waals surface area contributed by atoms with E-state index in [2.05, 4.69) is 18.8 Å². The van der Waals surface area contributed by atoms with Gasteiger partial charge in [0, 0.05) is 25.0 Å². The maximum Gasteiger partial charge on any atom is 0.256 e. The zero-order chi connectivity index (χ0) is 14.0. The number of rotatable bonds is 3. The van der Waals surface area contributed by atoms with E-state index < -0.39 is 0 Å². The van der Waals surface area contributed by atoms with Gasteiger partial charge in [-0.25, -0.2) is 0 Å². The Morgan fingerprint density at radius 1 is 1.47 bits per heavy atom. The van der Waals surface area contributed by atoms with Crippen molar-refractivity contribution >= 4 is 17.5 Å². The van der Waals surface area contributed by atoms with Gasteiger partial charge in [-0.3, -0.25) is 9.78 Å². The quantitative estimate of drug-likeness (QED) is 0.846. The van der Waals surface area contributed by atoms with Gasteiger partial charge >= 0.3 is 0 Å². The Morgan fingerprint density at radius 3 is 2.68 bits per heavy atom. The summed E-state index contributed by atoms with van der Waals surface area (Å²) >= 11 is 6.15. The lowest BCUT2D eigenvalue weighted by molar-refractivity contribution is 0.0769. The van der Waals surface area contributed by atoms with Crippen LogP contribution in [0.3, 0.4) is 0 Å². The van der Waals surface area contributed by atoms with Crippen LogP contribution in [0.2, 0.25) is 5.02 Å². The average molecular weight is 281 g/mol. The molecule has 0 unspecified atom stereocenters. The van der Waals surface area contributed by atoms with Crippen molar-refractivity contribution in [2.24, 2.45) is 5.41 Å². The van der Waals surface area contributed by atoms with Gasteiger partial charge in [0.05, 0.1) is 10.6 Å². The lowest BCUT2D eigenvalue weighted by Gasteiger charge is -2.26. The van der Waals surface area contributed by atoms with Gasteiger partial charge in [0.1, 0.15) is 0 Å². The second-order valence-corrected chi connectivity index (χ2v) is 5.90. The summed E-state index contributed by atoms with van der Waals surface area (Å²) in [6.45, 7) is 7.94. The van der Waals surface area contributed by atoms with Crippen molar-refractivity contribution in [3.63, 3.8) is 0 Å². The standard InChI is InChI=1S/C15H21ClN2O/c1-4-15(5-2)6-7-18(10-15)14(19)12-9-17-11(3)8-13(12)16/h8-9H,4-7,10H2,1-3H3. The molecule has 1 fully saturated rings. The fraction of sp³-hybridized carbons (Fsp3) is 0.600. The molecule has 1 aliphatic rings. The topological polar surface area (TPSA) is 33.2 Å². The van der Waals surface area contributed by atoms with E-state index in [0.717, 1.165) is 38.0 Å². The molecule has 1 amide bonds. The Morgan fingerprint density at radius 2 is 2.16 bits per heavy atom. The predicted molar refractivity (Wildman–Crippen MR) is 77.5 cm³/mol. The smallest absolute Gasteiger partial charge is 0.256 e. The molecule has 0 N–H and O–H groups in total. The van der Waals surface area contributed by atoms with Crippen molar-refractivity contribution < 1.29 is 4.79 Å². The summed E-state index contributed by atoms with van der Waals surface area (Å²) in [5.74, 6) is 0.0151. The molecule has 3 nitrogen and oxygen atoms in total. The zero-order valence-electron chi connectivity index (χ0n) is 11.9. The van der Waals surface area contributed by atoms with Gasteiger partial charge in [0.15, 0.2) is 0 Å². The Bertz CT molecular complexity index is 483. The predicted octanol–water partition coefficient (Wildman–Crippen LogP) is 3.70.